The molecule has 33 heavy (non-hydrogen) atoms. The number of phenolic OH excluding ortho intramolecular Hbond substituents is 1. The predicted molar refractivity (Wildman–Crippen MR) is 126 cm³/mol. The molecule has 0 aliphatic heterocycles. The number of amides is 1. The van der Waals surface area contributed by atoms with Crippen LogP contribution in [0.25, 0.3) is 0 Å². The molecule has 2 saturated carbocycles. The highest BCUT2D eigenvalue weighted by atomic mass is 32.1. The van der Waals surface area contributed by atoms with Crippen molar-refractivity contribution >= 4 is 22.4 Å². The van der Waals surface area contributed by atoms with Gasteiger partial charge < -0.3 is 10.4 Å². The molecule has 6 atom stereocenters. The zero-order valence-corrected chi connectivity index (χ0v) is 19.8. The third kappa shape index (κ3) is 3.86. The highest BCUT2D eigenvalue weighted by molar-refractivity contribution is 7.15. The summed E-state index contributed by atoms with van der Waals surface area (Å²) in [5.41, 5.74) is 1.88. The van der Waals surface area contributed by atoms with Crippen molar-refractivity contribution < 1.29 is 14.3 Å². The SMILES string of the molecule is Cc1cnc(NC(=O)CCC2CC(N=O)C3(C)CCC4c5cc(F)c(O)cc5CCC4C23)s1. The van der Waals surface area contributed by atoms with Gasteiger partial charge in [0.15, 0.2) is 16.7 Å². The van der Waals surface area contributed by atoms with Crippen LogP contribution in [0.5, 0.6) is 5.75 Å². The van der Waals surface area contributed by atoms with Crippen LogP contribution in [-0.4, -0.2) is 22.0 Å². The zero-order chi connectivity index (χ0) is 23.3. The van der Waals surface area contributed by atoms with E-state index < -0.39 is 5.82 Å². The van der Waals surface area contributed by atoms with Crippen LogP contribution in [0.3, 0.4) is 0 Å². The van der Waals surface area contributed by atoms with Crippen LogP contribution >= 0.6 is 11.3 Å². The molecule has 1 aromatic heterocycles. The Kier molecular flexibility index (Phi) is 5.75. The number of nitrogens with zero attached hydrogens (tertiary/aromatic N) is 2. The van der Waals surface area contributed by atoms with Gasteiger partial charge in [0.2, 0.25) is 5.91 Å². The molecule has 3 aliphatic carbocycles. The molecule has 2 fully saturated rings. The fourth-order valence-corrected chi connectivity index (χ4v) is 7.89. The highest BCUT2D eigenvalue weighted by Crippen LogP contribution is 2.64. The number of nitrogens with one attached hydrogen (secondary N) is 1. The minimum absolute atomic E-state index is 0.0486. The quantitative estimate of drug-likeness (QED) is 0.529. The van der Waals surface area contributed by atoms with E-state index in [1.807, 2.05) is 6.92 Å². The Bertz CT molecular complexity index is 1090. The van der Waals surface area contributed by atoms with Gasteiger partial charge in [-0.05, 0) is 97.8 Å². The van der Waals surface area contributed by atoms with Crippen molar-refractivity contribution in [1.82, 2.24) is 4.98 Å². The number of carbonyl (C=O) groups is 1. The maximum absolute atomic E-state index is 14.2. The van der Waals surface area contributed by atoms with Gasteiger partial charge in [-0.2, -0.15) is 4.91 Å². The molecule has 6 nitrogen and oxygen atoms in total. The Balaban J connectivity index is 1.37. The summed E-state index contributed by atoms with van der Waals surface area (Å²) in [7, 11) is 0. The highest BCUT2D eigenvalue weighted by Gasteiger charge is 2.59. The Hall–Kier alpha value is -2.35. The summed E-state index contributed by atoms with van der Waals surface area (Å²) >= 11 is 1.46. The smallest absolute Gasteiger partial charge is 0.226 e. The molecule has 0 spiro atoms. The van der Waals surface area contributed by atoms with E-state index in [0.29, 0.717) is 30.3 Å². The van der Waals surface area contributed by atoms with E-state index in [9.17, 15) is 19.2 Å². The second kappa shape index (κ2) is 8.46. The van der Waals surface area contributed by atoms with E-state index in [0.717, 1.165) is 41.7 Å². The summed E-state index contributed by atoms with van der Waals surface area (Å²) in [5.74, 6) is 0.179. The lowest BCUT2D eigenvalue weighted by molar-refractivity contribution is -0.116. The minimum atomic E-state index is -0.563. The van der Waals surface area contributed by atoms with Gasteiger partial charge in [0.1, 0.15) is 0 Å². The lowest BCUT2D eigenvalue weighted by atomic mass is 9.53. The fraction of sp³-hybridized carbons (Fsp3) is 0.600. The number of phenols is 1. The first-order valence-electron chi connectivity index (χ1n) is 11.9. The summed E-state index contributed by atoms with van der Waals surface area (Å²) in [6, 6.07) is 2.87. The molecule has 0 saturated heterocycles. The van der Waals surface area contributed by atoms with Crippen molar-refractivity contribution in [3.05, 3.63) is 45.1 Å². The number of fused-ring (bicyclic) bond motifs is 5. The molecule has 2 N–H and O–H groups in total. The maximum atomic E-state index is 14.2. The van der Waals surface area contributed by atoms with Gasteiger partial charge in [0, 0.05) is 17.5 Å². The molecular formula is C25H30FN3O3S. The number of hydrogen-bond acceptors (Lipinski definition) is 6. The Morgan fingerprint density at radius 2 is 2.21 bits per heavy atom. The number of aryl methyl sites for hydroxylation is 2. The number of aromatic nitrogens is 1. The summed E-state index contributed by atoms with van der Waals surface area (Å²) in [6.07, 6.45) is 7.08. The molecule has 0 radical (unpaired) electrons. The topological polar surface area (TPSA) is 91.7 Å². The van der Waals surface area contributed by atoms with Crippen molar-refractivity contribution in [2.24, 2.45) is 28.3 Å². The van der Waals surface area contributed by atoms with Gasteiger partial charge in [0.05, 0.1) is 6.04 Å². The van der Waals surface area contributed by atoms with E-state index in [-0.39, 0.29) is 40.9 Å². The molecule has 0 bridgehead atoms. The Morgan fingerprint density at radius 1 is 1.39 bits per heavy atom. The predicted octanol–water partition coefficient (Wildman–Crippen LogP) is 5.93. The van der Waals surface area contributed by atoms with Crippen LogP contribution in [0.4, 0.5) is 9.52 Å². The first-order valence-corrected chi connectivity index (χ1v) is 12.7. The van der Waals surface area contributed by atoms with Crippen molar-refractivity contribution in [2.75, 3.05) is 5.32 Å². The van der Waals surface area contributed by atoms with Crippen molar-refractivity contribution in [1.29, 1.82) is 0 Å². The number of thiazole rings is 1. The average molecular weight is 472 g/mol. The van der Waals surface area contributed by atoms with Gasteiger partial charge >= 0.3 is 0 Å². The van der Waals surface area contributed by atoms with E-state index >= 15 is 0 Å². The lowest BCUT2D eigenvalue weighted by Crippen LogP contribution is -2.45. The van der Waals surface area contributed by atoms with E-state index in [2.05, 4.69) is 22.4 Å². The Morgan fingerprint density at radius 3 is 2.94 bits per heavy atom. The second-order valence-electron chi connectivity index (χ2n) is 10.4. The molecular weight excluding hydrogens is 441 g/mol. The average Bonchev–Trinajstić information content (AvgIpc) is 3.32. The molecule has 176 valence electrons. The van der Waals surface area contributed by atoms with E-state index in [1.165, 1.54) is 17.4 Å². The van der Waals surface area contributed by atoms with Crippen LogP contribution in [0.1, 0.15) is 67.4 Å². The fourth-order valence-electron chi connectivity index (χ4n) is 7.21. The summed E-state index contributed by atoms with van der Waals surface area (Å²) in [4.78, 5) is 29.7. The van der Waals surface area contributed by atoms with Gasteiger partial charge in [-0.15, -0.1) is 11.3 Å². The van der Waals surface area contributed by atoms with Crippen LogP contribution in [0.2, 0.25) is 0 Å². The zero-order valence-electron chi connectivity index (χ0n) is 19.0. The molecule has 2 aromatic rings. The minimum Gasteiger partial charge on any atom is -0.505 e. The monoisotopic (exact) mass is 471 g/mol. The number of anilines is 1. The molecule has 3 aliphatic rings. The Labute approximate surface area is 197 Å². The number of rotatable bonds is 5. The molecule has 1 aromatic carbocycles. The molecule has 1 heterocycles. The van der Waals surface area contributed by atoms with E-state index in [1.54, 1.807) is 12.3 Å². The normalized spacial score (nSPS) is 32.5. The van der Waals surface area contributed by atoms with Gasteiger partial charge in [-0.1, -0.05) is 12.1 Å². The first-order chi connectivity index (χ1) is 15.8. The summed E-state index contributed by atoms with van der Waals surface area (Å²) < 4.78 is 14.2. The number of benzene rings is 1. The van der Waals surface area contributed by atoms with Crippen molar-refractivity contribution in [3.8, 4) is 5.75 Å². The number of halogens is 1. The standard InChI is InChI=1S/C25H30FN3O3S/c1-13-12-27-24(33-13)28-22(31)6-4-15-10-21(29-32)25(2)8-7-16-17(23(15)25)5-3-14-9-20(30)19(26)11-18(14)16/h9,11-12,15-17,21,23,30H,3-8,10H2,1-2H3,(H,27,28,31). The molecule has 5 rings (SSSR count). The third-order valence-corrected chi connectivity index (χ3v) is 9.45. The first kappa shape index (κ1) is 22.4. The number of aromatic hydroxyl groups is 1. The van der Waals surface area contributed by atoms with Gasteiger partial charge in [-0.25, -0.2) is 9.37 Å². The number of carbonyl (C=O) groups excluding carboxylic acids is 1. The number of hydrogen-bond donors (Lipinski definition) is 2. The summed E-state index contributed by atoms with van der Waals surface area (Å²) in [6.45, 7) is 4.15. The maximum Gasteiger partial charge on any atom is 0.226 e. The molecule has 8 heteroatoms. The number of nitroso groups, excluding NO2 is 1. The molecule has 6 unspecified atom stereocenters. The van der Waals surface area contributed by atoms with Gasteiger partial charge in [-0.3, -0.25) is 4.79 Å². The van der Waals surface area contributed by atoms with Crippen molar-refractivity contribution in [2.45, 2.75) is 70.8 Å². The van der Waals surface area contributed by atoms with Crippen molar-refractivity contribution in [3.63, 3.8) is 0 Å². The molecule has 1 amide bonds. The van der Waals surface area contributed by atoms with Crippen LogP contribution in [0.15, 0.2) is 23.5 Å². The summed E-state index contributed by atoms with van der Waals surface area (Å²) in [5, 5.41) is 16.9. The third-order valence-electron chi connectivity index (χ3n) is 8.62. The van der Waals surface area contributed by atoms with Crippen LogP contribution in [-0.2, 0) is 11.2 Å². The van der Waals surface area contributed by atoms with Crippen LogP contribution in [0, 0.1) is 40.8 Å². The van der Waals surface area contributed by atoms with E-state index in [4.69, 9.17) is 0 Å². The second-order valence-corrected chi connectivity index (χ2v) is 11.6. The lowest BCUT2D eigenvalue weighted by Gasteiger charge is -2.51. The van der Waals surface area contributed by atoms with Crippen LogP contribution < -0.4 is 5.32 Å². The van der Waals surface area contributed by atoms with Gasteiger partial charge in [0.25, 0.3) is 0 Å². The largest absolute Gasteiger partial charge is 0.505 e.